The van der Waals surface area contributed by atoms with E-state index in [9.17, 15) is 4.39 Å². The van der Waals surface area contributed by atoms with Crippen LogP contribution in [0, 0.1) is 12.7 Å². The van der Waals surface area contributed by atoms with Crippen molar-refractivity contribution in [1.82, 2.24) is 0 Å². The summed E-state index contributed by atoms with van der Waals surface area (Å²) < 4.78 is 14.1. The lowest BCUT2D eigenvalue weighted by Gasteiger charge is -2.13. The number of alkyl halides is 1. The molecule has 18 heavy (non-hydrogen) atoms. The SMILES string of the molecule is Cc1cc(C(Cl)c2ccc(Cl)cc2Br)ccc1F. The number of benzene rings is 2. The summed E-state index contributed by atoms with van der Waals surface area (Å²) in [5.41, 5.74) is 2.36. The number of hydrogen-bond donors (Lipinski definition) is 0. The summed E-state index contributed by atoms with van der Waals surface area (Å²) >= 11 is 15.7. The van der Waals surface area contributed by atoms with Crippen LogP contribution < -0.4 is 0 Å². The molecule has 94 valence electrons. The molecule has 1 atom stereocenters. The zero-order valence-electron chi connectivity index (χ0n) is 9.55. The van der Waals surface area contributed by atoms with Gasteiger partial charge in [0.1, 0.15) is 5.82 Å². The molecule has 0 amide bonds. The van der Waals surface area contributed by atoms with E-state index in [4.69, 9.17) is 23.2 Å². The molecule has 0 N–H and O–H groups in total. The molecule has 4 heteroatoms. The highest BCUT2D eigenvalue weighted by molar-refractivity contribution is 9.10. The van der Waals surface area contributed by atoms with Crippen LogP contribution in [0.1, 0.15) is 22.1 Å². The van der Waals surface area contributed by atoms with E-state index in [1.54, 1.807) is 31.2 Å². The van der Waals surface area contributed by atoms with Crippen LogP contribution in [0.2, 0.25) is 5.02 Å². The summed E-state index contributed by atoms with van der Waals surface area (Å²) in [5.74, 6) is -0.224. The number of halogens is 4. The first kappa shape index (κ1) is 13.9. The van der Waals surface area contributed by atoms with E-state index < -0.39 is 0 Å². The Hall–Kier alpha value is -0.570. The molecule has 0 aromatic heterocycles. The number of aryl methyl sites for hydroxylation is 1. The van der Waals surface area contributed by atoms with Gasteiger partial charge in [-0.25, -0.2) is 4.39 Å². The topological polar surface area (TPSA) is 0 Å². The standard InChI is InChI=1S/C14H10BrCl2F/c1-8-6-9(2-5-13(8)18)14(17)11-4-3-10(16)7-12(11)15/h2-7,14H,1H3. The molecule has 0 heterocycles. The van der Waals surface area contributed by atoms with Crippen LogP contribution in [0.25, 0.3) is 0 Å². The Kier molecular flexibility index (Phi) is 4.31. The van der Waals surface area contributed by atoms with Crippen molar-refractivity contribution in [3.8, 4) is 0 Å². The summed E-state index contributed by atoms with van der Waals surface area (Å²) in [6.07, 6.45) is 0. The minimum Gasteiger partial charge on any atom is -0.207 e. The Balaban J connectivity index is 2.41. The van der Waals surface area contributed by atoms with Gasteiger partial charge in [-0.3, -0.25) is 0 Å². The average molecular weight is 348 g/mol. The maximum absolute atomic E-state index is 13.2. The molecule has 1 unspecified atom stereocenters. The molecule has 0 saturated heterocycles. The van der Waals surface area contributed by atoms with Gasteiger partial charge in [0.15, 0.2) is 0 Å². The maximum Gasteiger partial charge on any atom is 0.126 e. The van der Waals surface area contributed by atoms with Gasteiger partial charge in [-0.05, 0) is 41.8 Å². The predicted octanol–water partition coefficient (Wildman–Crippen LogP) is 5.88. The van der Waals surface area contributed by atoms with E-state index in [2.05, 4.69) is 15.9 Å². The summed E-state index contributed by atoms with van der Waals surface area (Å²) in [4.78, 5) is 0. The van der Waals surface area contributed by atoms with E-state index in [0.29, 0.717) is 10.6 Å². The van der Waals surface area contributed by atoms with Gasteiger partial charge >= 0.3 is 0 Å². The highest BCUT2D eigenvalue weighted by atomic mass is 79.9. The monoisotopic (exact) mass is 346 g/mol. The third kappa shape index (κ3) is 2.87. The van der Waals surface area contributed by atoms with Crippen molar-refractivity contribution >= 4 is 39.1 Å². The minimum atomic E-state index is -0.337. The van der Waals surface area contributed by atoms with Gasteiger partial charge in [0.25, 0.3) is 0 Å². The fraction of sp³-hybridized carbons (Fsp3) is 0.143. The number of rotatable bonds is 2. The van der Waals surface area contributed by atoms with E-state index in [0.717, 1.165) is 15.6 Å². The fourth-order valence-electron chi connectivity index (χ4n) is 1.71. The smallest absolute Gasteiger partial charge is 0.126 e. The van der Waals surface area contributed by atoms with Crippen molar-refractivity contribution in [2.75, 3.05) is 0 Å². The van der Waals surface area contributed by atoms with Gasteiger partial charge in [0, 0.05) is 9.50 Å². The third-order valence-electron chi connectivity index (χ3n) is 2.71. The first-order valence-corrected chi connectivity index (χ1v) is 6.95. The van der Waals surface area contributed by atoms with Crippen LogP contribution in [0.3, 0.4) is 0 Å². The molecule has 0 aliphatic rings. The molecular formula is C14H10BrCl2F. The first-order chi connectivity index (χ1) is 8.49. The molecule has 2 rings (SSSR count). The Bertz CT molecular complexity index is 584. The summed E-state index contributed by atoms with van der Waals surface area (Å²) in [6.45, 7) is 1.72. The molecule has 0 aliphatic carbocycles. The van der Waals surface area contributed by atoms with Crippen molar-refractivity contribution in [1.29, 1.82) is 0 Å². The van der Waals surface area contributed by atoms with Gasteiger partial charge in [-0.15, -0.1) is 11.6 Å². The Morgan fingerprint density at radius 2 is 1.89 bits per heavy atom. The van der Waals surface area contributed by atoms with Crippen LogP contribution in [0.5, 0.6) is 0 Å². The first-order valence-electron chi connectivity index (χ1n) is 5.34. The highest BCUT2D eigenvalue weighted by Gasteiger charge is 2.15. The molecule has 0 radical (unpaired) electrons. The van der Waals surface area contributed by atoms with Crippen LogP contribution in [-0.4, -0.2) is 0 Å². The lowest BCUT2D eigenvalue weighted by Crippen LogP contribution is -1.96. The Labute approximate surface area is 124 Å². The van der Waals surface area contributed by atoms with Crippen LogP contribution >= 0.6 is 39.1 Å². The molecule has 2 aromatic rings. The van der Waals surface area contributed by atoms with Crippen molar-refractivity contribution in [2.45, 2.75) is 12.3 Å². The molecule has 0 bridgehead atoms. The Morgan fingerprint density at radius 3 is 2.50 bits per heavy atom. The largest absolute Gasteiger partial charge is 0.207 e. The van der Waals surface area contributed by atoms with Crippen LogP contribution in [0.15, 0.2) is 40.9 Å². The van der Waals surface area contributed by atoms with Crippen LogP contribution in [-0.2, 0) is 0 Å². The van der Waals surface area contributed by atoms with Gasteiger partial charge < -0.3 is 0 Å². The van der Waals surface area contributed by atoms with E-state index >= 15 is 0 Å². The van der Waals surface area contributed by atoms with Crippen LogP contribution in [0.4, 0.5) is 4.39 Å². The third-order valence-corrected chi connectivity index (χ3v) is 4.12. The second kappa shape index (κ2) is 5.60. The molecule has 2 aromatic carbocycles. The molecule has 0 spiro atoms. The van der Waals surface area contributed by atoms with E-state index in [1.807, 2.05) is 6.07 Å². The summed E-state index contributed by atoms with van der Waals surface area (Å²) in [6, 6.07) is 10.3. The lowest BCUT2D eigenvalue weighted by molar-refractivity contribution is 0.617. The quantitative estimate of drug-likeness (QED) is 0.595. The molecular weight excluding hydrogens is 338 g/mol. The maximum atomic E-state index is 13.2. The molecule has 0 fully saturated rings. The highest BCUT2D eigenvalue weighted by Crippen LogP contribution is 2.35. The van der Waals surface area contributed by atoms with Gasteiger partial charge in [-0.2, -0.15) is 0 Å². The minimum absolute atomic E-state index is 0.224. The van der Waals surface area contributed by atoms with Crippen molar-refractivity contribution in [2.24, 2.45) is 0 Å². The normalized spacial score (nSPS) is 12.5. The number of hydrogen-bond acceptors (Lipinski definition) is 0. The van der Waals surface area contributed by atoms with Crippen molar-refractivity contribution in [3.63, 3.8) is 0 Å². The van der Waals surface area contributed by atoms with Gasteiger partial charge in [0.05, 0.1) is 5.38 Å². The second-order valence-corrected chi connectivity index (χ2v) is 5.76. The zero-order chi connectivity index (χ0) is 13.3. The lowest BCUT2D eigenvalue weighted by atomic mass is 10.0. The Morgan fingerprint density at radius 1 is 1.17 bits per heavy atom. The molecule has 0 nitrogen and oxygen atoms in total. The van der Waals surface area contributed by atoms with Crippen molar-refractivity contribution < 1.29 is 4.39 Å². The van der Waals surface area contributed by atoms with E-state index in [-0.39, 0.29) is 11.2 Å². The predicted molar refractivity (Wildman–Crippen MR) is 78.0 cm³/mol. The summed E-state index contributed by atoms with van der Waals surface area (Å²) in [5, 5.41) is 0.306. The average Bonchev–Trinajstić information content (AvgIpc) is 2.32. The zero-order valence-corrected chi connectivity index (χ0v) is 12.7. The fourth-order valence-corrected chi connectivity index (χ4v) is 3.08. The molecule has 0 aliphatic heterocycles. The molecule has 0 saturated carbocycles. The van der Waals surface area contributed by atoms with Gasteiger partial charge in [0.2, 0.25) is 0 Å². The summed E-state index contributed by atoms with van der Waals surface area (Å²) in [7, 11) is 0. The second-order valence-electron chi connectivity index (χ2n) is 4.04. The van der Waals surface area contributed by atoms with Gasteiger partial charge in [-0.1, -0.05) is 45.7 Å². The van der Waals surface area contributed by atoms with E-state index in [1.165, 1.54) is 6.07 Å². The van der Waals surface area contributed by atoms with Crippen molar-refractivity contribution in [3.05, 3.63) is 68.4 Å².